The van der Waals surface area contributed by atoms with E-state index in [1.54, 1.807) is 24.5 Å². The molecule has 1 aromatic carbocycles. The third-order valence-electron chi connectivity index (χ3n) is 4.02. The van der Waals surface area contributed by atoms with Crippen LogP contribution in [0.15, 0.2) is 42.7 Å². The highest BCUT2D eigenvalue weighted by molar-refractivity contribution is 5.94. The summed E-state index contributed by atoms with van der Waals surface area (Å²) >= 11 is 0. The van der Waals surface area contributed by atoms with E-state index >= 15 is 0 Å². The molecule has 0 bridgehead atoms. The summed E-state index contributed by atoms with van der Waals surface area (Å²) in [6, 6.07) is 8.28. The fourth-order valence-corrected chi connectivity index (χ4v) is 2.75. The molecule has 4 aromatic rings. The fourth-order valence-electron chi connectivity index (χ4n) is 2.75. The topological polar surface area (TPSA) is 70.2 Å². The van der Waals surface area contributed by atoms with Crippen LogP contribution in [-0.2, 0) is 0 Å². The number of H-pyrrole nitrogens is 2. The summed E-state index contributed by atoms with van der Waals surface area (Å²) < 4.78 is 13.2. The van der Waals surface area contributed by atoms with E-state index in [9.17, 15) is 4.39 Å². The summed E-state index contributed by atoms with van der Waals surface area (Å²) in [6.07, 6.45) is 3.51. The van der Waals surface area contributed by atoms with Crippen LogP contribution in [-0.4, -0.2) is 25.1 Å². The Kier molecular flexibility index (Phi) is 3.37. The number of benzene rings is 1. The van der Waals surface area contributed by atoms with Gasteiger partial charge >= 0.3 is 0 Å². The van der Waals surface area contributed by atoms with Crippen molar-refractivity contribution in [3.05, 3.63) is 54.4 Å². The van der Waals surface area contributed by atoms with Gasteiger partial charge in [-0.25, -0.2) is 14.4 Å². The number of nitrogens with one attached hydrogen (secondary N) is 2. The molecule has 0 saturated carbocycles. The van der Waals surface area contributed by atoms with Crippen LogP contribution in [0.1, 0.15) is 25.6 Å². The first kappa shape index (κ1) is 14.6. The van der Waals surface area contributed by atoms with Gasteiger partial charge < -0.3 is 4.98 Å². The minimum atomic E-state index is -0.263. The molecule has 0 fully saturated rings. The SMILES string of the molecule is CC(C)c1nc2nccc(-c3cn[nH]c3-c3ccc(F)cc3)c2[nH]1. The van der Waals surface area contributed by atoms with Gasteiger partial charge in [-0.1, -0.05) is 13.8 Å². The maximum absolute atomic E-state index is 13.2. The molecule has 4 rings (SSSR count). The Balaban J connectivity index is 1.90. The highest BCUT2D eigenvalue weighted by atomic mass is 19.1. The summed E-state index contributed by atoms with van der Waals surface area (Å²) in [7, 11) is 0. The van der Waals surface area contributed by atoms with Gasteiger partial charge in [0.25, 0.3) is 0 Å². The van der Waals surface area contributed by atoms with Crippen LogP contribution in [0.5, 0.6) is 0 Å². The Labute approximate surface area is 138 Å². The smallest absolute Gasteiger partial charge is 0.178 e. The van der Waals surface area contributed by atoms with Gasteiger partial charge in [-0.15, -0.1) is 0 Å². The summed E-state index contributed by atoms with van der Waals surface area (Å²) in [4.78, 5) is 12.3. The molecule has 0 spiro atoms. The predicted octanol–water partition coefficient (Wildman–Crippen LogP) is 4.28. The van der Waals surface area contributed by atoms with Crippen LogP contribution in [0.25, 0.3) is 33.5 Å². The molecule has 3 aromatic heterocycles. The van der Waals surface area contributed by atoms with E-state index in [2.05, 4.69) is 39.0 Å². The molecule has 0 aliphatic heterocycles. The molecular formula is C18H16FN5. The zero-order chi connectivity index (χ0) is 16.7. The van der Waals surface area contributed by atoms with Gasteiger partial charge in [-0.3, -0.25) is 5.10 Å². The van der Waals surface area contributed by atoms with E-state index in [1.165, 1.54) is 12.1 Å². The Hall–Kier alpha value is -3.02. The standard InChI is InChI=1S/C18H16FN5/c1-10(2)17-22-16-13(7-8-20-18(16)23-17)14-9-21-24-15(14)11-3-5-12(19)6-4-11/h3-10H,1-2H3,(H,21,24)(H,20,22,23). The van der Waals surface area contributed by atoms with Gasteiger partial charge in [0.1, 0.15) is 11.6 Å². The van der Waals surface area contributed by atoms with Crippen LogP contribution < -0.4 is 0 Å². The number of aromatic nitrogens is 5. The molecule has 120 valence electrons. The highest BCUT2D eigenvalue weighted by Gasteiger charge is 2.16. The first-order valence-electron chi connectivity index (χ1n) is 7.78. The first-order valence-corrected chi connectivity index (χ1v) is 7.78. The van der Waals surface area contributed by atoms with Crippen LogP contribution in [0.3, 0.4) is 0 Å². The zero-order valence-electron chi connectivity index (χ0n) is 13.3. The normalized spacial score (nSPS) is 11.5. The van der Waals surface area contributed by atoms with Gasteiger partial charge in [0.2, 0.25) is 0 Å². The average Bonchev–Trinajstić information content (AvgIpc) is 3.22. The minimum Gasteiger partial charge on any atom is -0.340 e. The Morgan fingerprint density at radius 2 is 1.83 bits per heavy atom. The summed E-state index contributed by atoms with van der Waals surface area (Å²) in [5, 5.41) is 7.18. The summed E-state index contributed by atoms with van der Waals surface area (Å²) in [6.45, 7) is 4.17. The number of halogens is 1. The molecule has 24 heavy (non-hydrogen) atoms. The zero-order valence-corrected chi connectivity index (χ0v) is 13.3. The monoisotopic (exact) mass is 321 g/mol. The largest absolute Gasteiger partial charge is 0.340 e. The van der Waals surface area contributed by atoms with E-state index in [0.717, 1.165) is 33.7 Å². The summed E-state index contributed by atoms with van der Waals surface area (Å²) in [5.74, 6) is 0.922. The molecule has 0 amide bonds. The average molecular weight is 321 g/mol. The third kappa shape index (κ3) is 2.36. The number of nitrogens with zero attached hydrogens (tertiary/aromatic N) is 3. The molecular weight excluding hydrogens is 305 g/mol. The van der Waals surface area contributed by atoms with Crippen molar-refractivity contribution in [2.24, 2.45) is 0 Å². The van der Waals surface area contributed by atoms with Gasteiger partial charge in [-0.05, 0) is 30.3 Å². The molecule has 2 N–H and O–H groups in total. The Morgan fingerprint density at radius 3 is 2.58 bits per heavy atom. The number of pyridine rings is 1. The van der Waals surface area contributed by atoms with Crippen LogP contribution in [0.2, 0.25) is 0 Å². The molecule has 0 atom stereocenters. The highest BCUT2D eigenvalue weighted by Crippen LogP contribution is 2.33. The van der Waals surface area contributed by atoms with Crippen LogP contribution >= 0.6 is 0 Å². The second-order valence-electron chi connectivity index (χ2n) is 6.00. The molecule has 6 heteroatoms. The van der Waals surface area contributed by atoms with E-state index in [1.807, 2.05) is 6.07 Å². The number of hydrogen-bond acceptors (Lipinski definition) is 3. The minimum absolute atomic E-state index is 0.263. The van der Waals surface area contributed by atoms with Crippen molar-refractivity contribution in [3.63, 3.8) is 0 Å². The number of hydrogen-bond donors (Lipinski definition) is 2. The van der Waals surface area contributed by atoms with Gasteiger partial charge in [-0.2, -0.15) is 5.10 Å². The second kappa shape index (κ2) is 5.56. The van der Waals surface area contributed by atoms with Crippen LogP contribution in [0, 0.1) is 5.82 Å². The maximum atomic E-state index is 13.2. The lowest BCUT2D eigenvalue weighted by Crippen LogP contribution is -1.89. The molecule has 0 saturated heterocycles. The molecule has 0 aliphatic rings. The van der Waals surface area contributed by atoms with Crippen LogP contribution in [0.4, 0.5) is 4.39 Å². The van der Waals surface area contributed by atoms with Crippen molar-refractivity contribution in [2.45, 2.75) is 19.8 Å². The lowest BCUT2D eigenvalue weighted by molar-refractivity contribution is 0.628. The molecule has 0 radical (unpaired) electrons. The number of fused-ring (bicyclic) bond motifs is 1. The third-order valence-corrected chi connectivity index (χ3v) is 4.02. The molecule has 0 unspecified atom stereocenters. The van der Waals surface area contributed by atoms with Gasteiger partial charge in [0.15, 0.2) is 5.65 Å². The quantitative estimate of drug-likeness (QED) is 0.592. The van der Waals surface area contributed by atoms with Crippen molar-refractivity contribution in [1.82, 2.24) is 25.1 Å². The summed E-state index contributed by atoms with van der Waals surface area (Å²) in [5.41, 5.74) is 5.16. The lowest BCUT2D eigenvalue weighted by atomic mass is 10.0. The van der Waals surface area contributed by atoms with E-state index in [-0.39, 0.29) is 11.7 Å². The molecule has 3 heterocycles. The van der Waals surface area contributed by atoms with Crippen molar-refractivity contribution in [1.29, 1.82) is 0 Å². The predicted molar refractivity (Wildman–Crippen MR) is 91.0 cm³/mol. The maximum Gasteiger partial charge on any atom is 0.178 e. The number of aromatic amines is 2. The first-order chi connectivity index (χ1) is 11.6. The van der Waals surface area contributed by atoms with Gasteiger partial charge in [0, 0.05) is 28.8 Å². The Bertz CT molecular complexity index is 998. The fraction of sp³-hybridized carbons (Fsp3) is 0.167. The number of imidazole rings is 1. The van der Waals surface area contributed by atoms with Crippen molar-refractivity contribution in [2.75, 3.05) is 0 Å². The lowest BCUT2D eigenvalue weighted by Gasteiger charge is -2.05. The molecule has 5 nitrogen and oxygen atoms in total. The van der Waals surface area contributed by atoms with E-state index in [4.69, 9.17) is 0 Å². The van der Waals surface area contributed by atoms with Gasteiger partial charge in [0.05, 0.1) is 17.4 Å². The number of rotatable bonds is 3. The Morgan fingerprint density at radius 1 is 1.04 bits per heavy atom. The van der Waals surface area contributed by atoms with E-state index in [0.29, 0.717) is 5.65 Å². The molecule has 0 aliphatic carbocycles. The van der Waals surface area contributed by atoms with Crippen molar-refractivity contribution < 1.29 is 4.39 Å². The van der Waals surface area contributed by atoms with E-state index < -0.39 is 0 Å². The van der Waals surface area contributed by atoms with Crippen molar-refractivity contribution in [3.8, 4) is 22.4 Å². The second-order valence-corrected chi connectivity index (χ2v) is 6.00. The van der Waals surface area contributed by atoms with Crippen molar-refractivity contribution >= 4 is 11.2 Å².